The summed E-state index contributed by atoms with van der Waals surface area (Å²) >= 11 is 0. The summed E-state index contributed by atoms with van der Waals surface area (Å²) in [6, 6.07) is 3.52. The van der Waals surface area contributed by atoms with Gasteiger partial charge >= 0.3 is 0 Å². The van der Waals surface area contributed by atoms with E-state index in [0.29, 0.717) is 31.7 Å². The number of rotatable bonds is 4. The second kappa shape index (κ2) is 6.26. The van der Waals surface area contributed by atoms with Crippen LogP contribution in [0.4, 0.5) is 0 Å². The molecule has 2 heterocycles. The van der Waals surface area contributed by atoms with E-state index in [9.17, 15) is 13.2 Å². The summed E-state index contributed by atoms with van der Waals surface area (Å²) < 4.78 is 28.7. The first-order valence-corrected chi connectivity index (χ1v) is 8.46. The zero-order valence-electron chi connectivity index (χ0n) is 11.5. The minimum Gasteiger partial charge on any atom is -0.465 e. The van der Waals surface area contributed by atoms with E-state index in [2.05, 4.69) is 0 Å². The number of nitrogens with zero attached hydrogens (tertiary/aromatic N) is 1. The topological polar surface area (TPSA) is 67.6 Å². The molecule has 0 aromatic carbocycles. The van der Waals surface area contributed by atoms with Gasteiger partial charge in [0.2, 0.25) is 5.91 Å². The van der Waals surface area contributed by atoms with Crippen LogP contribution in [0.25, 0.3) is 6.08 Å². The largest absolute Gasteiger partial charge is 0.465 e. The summed E-state index contributed by atoms with van der Waals surface area (Å²) in [5.74, 6) is 0.694. The normalized spacial score (nSPS) is 17.8. The molecule has 1 aliphatic rings. The van der Waals surface area contributed by atoms with Crippen molar-refractivity contribution in [2.75, 3.05) is 18.8 Å². The number of sulfone groups is 1. The van der Waals surface area contributed by atoms with Crippen LogP contribution in [-0.2, 0) is 14.6 Å². The molecular formula is C14H19NO4S. The Morgan fingerprint density at radius 1 is 1.45 bits per heavy atom. The van der Waals surface area contributed by atoms with Gasteiger partial charge in [0.05, 0.1) is 11.5 Å². The molecule has 20 heavy (non-hydrogen) atoms. The van der Waals surface area contributed by atoms with E-state index in [1.165, 1.54) is 6.08 Å². The molecule has 0 atom stereocenters. The zero-order valence-corrected chi connectivity index (χ0v) is 12.3. The van der Waals surface area contributed by atoms with Crippen LogP contribution < -0.4 is 0 Å². The molecule has 0 spiro atoms. The van der Waals surface area contributed by atoms with E-state index in [0.717, 1.165) is 0 Å². The summed E-state index contributed by atoms with van der Waals surface area (Å²) in [5, 5.41) is -0.300. The van der Waals surface area contributed by atoms with Crippen LogP contribution in [0.5, 0.6) is 0 Å². The fourth-order valence-corrected chi connectivity index (χ4v) is 3.72. The SMILES string of the molecule is CCS(=O)(=O)C1CCN(C(=O)/C=C/c2ccco2)CC1. The highest BCUT2D eigenvalue weighted by atomic mass is 32.2. The Kier molecular flexibility index (Phi) is 4.65. The monoisotopic (exact) mass is 297 g/mol. The van der Waals surface area contributed by atoms with Crippen molar-refractivity contribution in [1.29, 1.82) is 0 Å². The predicted molar refractivity (Wildman–Crippen MR) is 76.8 cm³/mol. The molecule has 0 aliphatic carbocycles. The summed E-state index contributed by atoms with van der Waals surface area (Å²) in [5.41, 5.74) is 0. The maximum absolute atomic E-state index is 12.0. The first-order chi connectivity index (χ1) is 9.53. The molecule has 2 rings (SSSR count). The Hall–Kier alpha value is -1.56. The third-order valence-electron chi connectivity index (χ3n) is 3.60. The number of hydrogen-bond acceptors (Lipinski definition) is 4. The van der Waals surface area contributed by atoms with Crippen molar-refractivity contribution in [1.82, 2.24) is 4.90 Å². The summed E-state index contributed by atoms with van der Waals surface area (Å²) in [6.45, 7) is 2.65. The van der Waals surface area contributed by atoms with Crippen LogP contribution in [0, 0.1) is 0 Å². The van der Waals surface area contributed by atoms with Crippen molar-refractivity contribution >= 4 is 21.8 Å². The molecule has 0 unspecified atom stereocenters. The van der Waals surface area contributed by atoms with Crippen LogP contribution in [0.3, 0.4) is 0 Å². The third kappa shape index (κ3) is 3.50. The fourth-order valence-electron chi connectivity index (χ4n) is 2.32. The third-order valence-corrected chi connectivity index (χ3v) is 5.89. The van der Waals surface area contributed by atoms with E-state index >= 15 is 0 Å². The molecule has 110 valence electrons. The summed E-state index contributed by atoms with van der Waals surface area (Å²) in [6.07, 6.45) is 5.68. The highest BCUT2D eigenvalue weighted by Crippen LogP contribution is 2.19. The Morgan fingerprint density at radius 3 is 2.70 bits per heavy atom. The zero-order chi connectivity index (χ0) is 14.6. The number of hydrogen-bond donors (Lipinski definition) is 0. The number of carbonyl (C=O) groups is 1. The molecule has 1 saturated heterocycles. The molecule has 1 aromatic heterocycles. The minimum atomic E-state index is -2.99. The highest BCUT2D eigenvalue weighted by molar-refractivity contribution is 7.92. The average molecular weight is 297 g/mol. The van der Waals surface area contributed by atoms with Crippen molar-refractivity contribution in [3.05, 3.63) is 30.2 Å². The van der Waals surface area contributed by atoms with E-state index in [1.807, 2.05) is 0 Å². The molecule has 1 amide bonds. The second-order valence-corrected chi connectivity index (χ2v) is 7.39. The molecule has 5 nitrogen and oxygen atoms in total. The summed E-state index contributed by atoms with van der Waals surface area (Å²) in [7, 11) is -2.99. The van der Waals surface area contributed by atoms with Gasteiger partial charge < -0.3 is 9.32 Å². The molecule has 1 aliphatic heterocycles. The highest BCUT2D eigenvalue weighted by Gasteiger charge is 2.29. The Balaban J connectivity index is 1.89. The lowest BCUT2D eigenvalue weighted by Gasteiger charge is -2.30. The number of furan rings is 1. The maximum atomic E-state index is 12.0. The molecule has 1 fully saturated rings. The second-order valence-electron chi connectivity index (χ2n) is 4.82. The standard InChI is InChI=1S/C14H19NO4S/c1-2-20(17,18)13-7-9-15(10-8-13)14(16)6-5-12-4-3-11-19-12/h3-6,11,13H,2,7-10H2,1H3/b6-5+. The van der Waals surface area contributed by atoms with Gasteiger partial charge in [0.25, 0.3) is 0 Å². The first-order valence-electron chi connectivity index (χ1n) is 6.75. The van der Waals surface area contributed by atoms with Gasteiger partial charge in [0.15, 0.2) is 9.84 Å². The fraction of sp³-hybridized carbons (Fsp3) is 0.500. The van der Waals surface area contributed by atoms with E-state index in [-0.39, 0.29) is 16.9 Å². The smallest absolute Gasteiger partial charge is 0.246 e. The van der Waals surface area contributed by atoms with Crippen LogP contribution in [0.1, 0.15) is 25.5 Å². The number of piperidine rings is 1. The molecule has 0 bridgehead atoms. The van der Waals surface area contributed by atoms with Gasteiger partial charge in [-0.2, -0.15) is 0 Å². The van der Waals surface area contributed by atoms with Gasteiger partial charge in [-0.1, -0.05) is 6.92 Å². The lowest BCUT2D eigenvalue weighted by atomic mass is 10.1. The van der Waals surface area contributed by atoms with Crippen LogP contribution in [-0.4, -0.2) is 43.3 Å². The van der Waals surface area contributed by atoms with Gasteiger partial charge in [-0.15, -0.1) is 0 Å². The molecular weight excluding hydrogens is 278 g/mol. The molecule has 0 N–H and O–H groups in total. The Morgan fingerprint density at radius 2 is 2.15 bits per heavy atom. The molecule has 0 radical (unpaired) electrons. The predicted octanol–water partition coefficient (Wildman–Crippen LogP) is 1.72. The van der Waals surface area contributed by atoms with Gasteiger partial charge in [-0.25, -0.2) is 8.42 Å². The van der Waals surface area contributed by atoms with Gasteiger partial charge in [0, 0.05) is 24.9 Å². The van der Waals surface area contributed by atoms with Crippen molar-refractivity contribution in [2.45, 2.75) is 25.0 Å². The van der Waals surface area contributed by atoms with Crippen LogP contribution >= 0.6 is 0 Å². The van der Waals surface area contributed by atoms with Gasteiger partial charge in [0.1, 0.15) is 5.76 Å². The van der Waals surface area contributed by atoms with Crippen molar-refractivity contribution in [3.63, 3.8) is 0 Å². The van der Waals surface area contributed by atoms with Crippen molar-refractivity contribution in [3.8, 4) is 0 Å². The average Bonchev–Trinajstić information content (AvgIpc) is 2.98. The van der Waals surface area contributed by atoms with Gasteiger partial charge in [-0.05, 0) is 31.1 Å². The van der Waals surface area contributed by atoms with E-state index in [4.69, 9.17) is 4.42 Å². The molecule has 6 heteroatoms. The Bertz CT molecular complexity index is 566. The molecule has 0 saturated carbocycles. The first kappa shape index (κ1) is 14.8. The van der Waals surface area contributed by atoms with E-state index in [1.54, 1.807) is 36.3 Å². The minimum absolute atomic E-state index is 0.103. The van der Waals surface area contributed by atoms with Crippen LogP contribution in [0.15, 0.2) is 28.9 Å². The quantitative estimate of drug-likeness (QED) is 0.794. The number of likely N-dealkylation sites (tertiary alicyclic amines) is 1. The van der Waals surface area contributed by atoms with Crippen molar-refractivity contribution in [2.24, 2.45) is 0 Å². The lowest BCUT2D eigenvalue weighted by molar-refractivity contribution is -0.126. The van der Waals surface area contributed by atoms with E-state index < -0.39 is 9.84 Å². The molecule has 1 aromatic rings. The van der Waals surface area contributed by atoms with Gasteiger partial charge in [-0.3, -0.25) is 4.79 Å². The number of amides is 1. The Labute approximate surface area is 119 Å². The van der Waals surface area contributed by atoms with Crippen LogP contribution in [0.2, 0.25) is 0 Å². The number of carbonyl (C=O) groups excluding carboxylic acids is 1. The van der Waals surface area contributed by atoms with Crippen molar-refractivity contribution < 1.29 is 17.6 Å². The maximum Gasteiger partial charge on any atom is 0.246 e. The lowest BCUT2D eigenvalue weighted by Crippen LogP contribution is -2.42. The summed E-state index contributed by atoms with van der Waals surface area (Å²) in [4.78, 5) is 13.6.